The fraction of sp³-hybridized carbons (Fsp3) is 0.318. The van der Waals surface area contributed by atoms with Crippen LogP contribution in [0.25, 0.3) is 0 Å². The zero-order valence-corrected chi connectivity index (χ0v) is 14.2. The molecule has 126 valence electrons. The zero-order valence-electron chi connectivity index (χ0n) is 14.2. The van der Waals surface area contributed by atoms with Crippen molar-refractivity contribution < 1.29 is 9.53 Å². The molecule has 1 fully saturated rings. The maximum absolute atomic E-state index is 11.9. The summed E-state index contributed by atoms with van der Waals surface area (Å²) < 4.78 is 6.01. The Labute approximate surface area is 147 Å². The molecule has 0 saturated carbocycles. The summed E-state index contributed by atoms with van der Waals surface area (Å²) in [4.78, 5) is 14.4. The summed E-state index contributed by atoms with van der Waals surface area (Å²) in [6.07, 6.45) is 5.74. The third-order valence-electron chi connectivity index (χ3n) is 6.01. The Morgan fingerprint density at radius 2 is 2.04 bits per heavy atom. The van der Waals surface area contributed by atoms with E-state index in [1.165, 1.54) is 16.7 Å². The van der Waals surface area contributed by atoms with Crippen LogP contribution >= 0.6 is 0 Å². The maximum Gasteiger partial charge on any atom is 0.157 e. The van der Waals surface area contributed by atoms with E-state index >= 15 is 0 Å². The van der Waals surface area contributed by atoms with Gasteiger partial charge in [0.05, 0.1) is 0 Å². The zero-order chi connectivity index (χ0) is 16.9. The van der Waals surface area contributed by atoms with Gasteiger partial charge in [-0.2, -0.15) is 0 Å². The number of nitrogens with zero attached hydrogens (tertiary/aromatic N) is 1. The number of carbonyl (C=O) groups is 1. The van der Waals surface area contributed by atoms with E-state index in [0.29, 0.717) is 19.1 Å². The minimum Gasteiger partial charge on any atom is -0.489 e. The molecule has 2 aliphatic heterocycles. The van der Waals surface area contributed by atoms with E-state index in [-0.39, 0.29) is 11.2 Å². The van der Waals surface area contributed by atoms with E-state index < -0.39 is 0 Å². The van der Waals surface area contributed by atoms with Crippen molar-refractivity contribution in [1.29, 1.82) is 0 Å². The van der Waals surface area contributed by atoms with Crippen LogP contribution in [0, 0.1) is 0 Å². The second kappa shape index (κ2) is 5.57. The topological polar surface area (TPSA) is 29.5 Å². The lowest BCUT2D eigenvalue weighted by molar-refractivity contribution is -0.116. The Bertz CT molecular complexity index is 858. The molecule has 25 heavy (non-hydrogen) atoms. The van der Waals surface area contributed by atoms with Crippen molar-refractivity contribution in [3.8, 4) is 5.75 Å². The van der Waals surface area contributed by atoms with Gasteiger partial charge in [-0.3, -0.25) is 9.69 Å². The smallest absolute Gasteiger partial charge is 0.157 e. The average Bonchev–Trinajstić information content (AvgIpc) is 2.91. The summed E-state index contributed by atoms with van der Waals surface area (Å²) in [6, 6.07) is 17.1. The van der Waals surface area contributed by atoms with Gasteiger partial charge < -0.3 is 4.74 Å². The number of hydrogen-bond acceptors (Lipinski definition) is 3. The van der Waals surface area contributed by atoms with Gasteiger partial charge in [0.1, 0.15) is 12.4 Å². The summed E-state index contributed by atoms with van der Waals surface area (Å²) >= 11 is 0. The molecule has 0 amide bonds. The molecule has 1 saturated heterocycles. The first-order chi connectivity index (χ1) is 12.2. The number of ketones is 1. The first kappa shape index (κ1) is 14.9. The quantitative estimate of drug-likeness (QED) is 0.860. The molecule has 2 heterocycles. The monoisotopic (exact) mass is 331 g/mol. The predicted molar refractivity (Wildman–Crippen MR) is 96.5 cm³/mol. The standard InChI is InChI=1S/C22H21NO2/c24-18-8-9-22-10-11-23(21(22)13-18)14-17-12-19(6-7-20(17)22)25-15-16-4-2-1-3-5-16/h1-9,12,21H,10-11,13-15H2. The molecular weight excluding hydrogens is 310 g/mol. The van der Waals surface area contributed by atoms with Crippen molar-refractivity contribution in [3.63, 3.8) is 0 Å². The summed E-state index contributed by atoms with van der Waals surface area (Å²) in [7, 11) is 0. The van der Waals surface area contributed by atoms with Gasteiger partial charge in [-0.25, -0.2) is 0 Å². The third-order valence-corrected chi connectivity index (χ3v) is 6.01. The SMILES string of the molecule is O=C1C=CC23CCN(Cc4cc(OCc5ccccc5)ccc42)C3C1. The van der Waals surface area contributed by atoms with Crippen molar-refractivity contribution in [1.82, 2.24) is 4.90 Å². The van der Waals surface area contributed by atoms with E-state index in [9.17, 15) is 4.79 Å². The van der Waals surface area contributed by atoms with Gasteiger partial charge in [-0.1, -0.05) is 42.5 Å². The Balaban J connectivity index is 1.45. The number of hydrogen-bond donors (Lipinski definition) is 0. The predicted octanol–water partition coefficient (Wildman–Crippen LogP) is 3.62. The van der Waals surface area contributed by atoms with Crippen LogP contribution in [0.1, 0.15) is 29.5 Å². The minimum absolute atomic E-state index is 0.0272. The van der Waals surface area contributed by atoms with E-state index in [4.69, 9.17) is 4.74 Å². The van der Waals surface area contributed by atoms with Crippen molar-refractivity contribution in [2.24, 2.45) is 0 Å². The molecule has 1 aliphatic carbocycles. The van der Waals surface area contributed by atoms with Crippen LogP contribution in [0.15, 0.2) is 60.7 Å². The first-order valence-corrected chi connectivity index (χ1v) is 9.01. The average molecular weight is 331 g/mol. The molecule has 2 aromatic carbocycles. The van der Waals surface area contributed by atoms with Gasteiger partial charge in [0.15, 0.2) is 5.78 Å². The normalized spacial score (nSPS) is 29.2. The fourth-order valence-corrected chi connectivity index (χ4v) is 4.78. The number of carbonyl (C=O) groups excluding carboxylic acids is 1. The summed E-state index contributed by atoms with van der Waals surface area (Å²) in [5.41, 5.74) is 3.94. The molecule has 2 aromatic rings. The number of rotatable bonds is 3. The molecule has 0 N–H and O–H groups in total. The van der Waals surface area contributed by atoms with Crippen molar-refractivity contribution >= 4 is 5.78 Å². The van der Waals surface area contributed by atoms with Crippen LogP contribution < -0.4 is 4.74 Å². The van der Waals surface area contributed by atoms with Crippen molar-refractivity contribution in [3.05, 3.63) is 77.4 Å². The summed E-state index contributed by atoms with van der Waals surface area (Å²) in [5, 5.41) is 0. The van der Waals surface area contributed by atoms with Crippen LogP contribution in [0.3, 0.4) is 0 Å². The third kappa shape index (κ3) is 2.34. The number of allylic oxidation sites excluding steroid dienone is 1. The molecular formula is C22H21NO2. The lowest BCUT2D eigenvalue weighted by Gasteiger charge is -2.43. The molecule has 3 nitrogen and oxygen atoms in total. The van der Waals surface area contributed by atoms with Crippen LogP contribution in [0.2, 0.25) is 0 Å². The minimum atomic E-state index is 0.0272. The lowest BCUT2D eigenvalue weighted by Crippen LogP contribution is -2.48. The van der Waals surface area contributed by atoms with Crippen LogP contribution in [0.5, 0.6) is 5.75 Å². The molecule has 0 radical (unpaired) electrons. The number of ether oxygens (including phenoxy) is 1. The van der Waals surface area contributed by atoms with Crippen LogP contribution in [-0.4, -0.2) is 23.3 Å². The Morgan fingerprint density at radius 3 is 2.92 bits per heavy atom. The second-order valence-corrected chi connectivity index (χ2v) is 7.37. The Hall–Kier alpha value is -2.39. The van der Waals surface area contributed by atoms with E-state index in [0.717, 1.165) is 25.3 Å². The van der Waals surface area contributed by atoms with Crippen molar-refractivity contribution in [2.75, 3.05) is 6.54 Å². The number of fused-ring (bicyclic) bond motifs is 1. The highest BCUT2D eigenvalue weighted by Gasteiger charge is 2.52. The molecule has 3 atom stereocenters. The second-order valence-electron chi connectivity index (χ2n) is 7.37. The summed E-state index contributed by atoms with van der Waals surface area (Å²) in [5.74, 6) is 1.19. The van der Waals surface area contributed by atoms with Crippen molar-refractivity contribution in [2.45, 2.75) is 37.5 Å². The first-order valence-electron chi connectivity index (χ1n) is 9.01. The molecule has 2 bridgehead atoms. The van der Waals surface area contributed by atoms with Gasteiger partial charge in [-0.05, 0) is 41.3 Å². The fourth-order valence-electron chi connectivity index (χ4n) is 4.78. The van der Waals surface area contributed by atoms with Crippen LogP contribution in [0.4, 0.5) is 0 Å². The maximum atomic E-state index is 11.9. The van der Waals surface area contributed by atoms with E-state index in [2.05, 4.69) is 41.3 Å². The lowest BCUT2D eigenvalue weighted by atomic mass is 9.67. The van der Waals surface area contributed by atoms with E-state index in [1.807, 2.05) is 18.2 Å². The van der Waals surface area contributed by atoms with Gasteiger partial charge in [0.2, 0.25) is 0 Å². The molecule has 0 spiro atoms. The highest BCUT2D eigenvalue weighted by molar-refractivity contribution is 5.92. The Morgan fingerprint density at radius 1 is 1.16 bits per heavy atom. The van der Waals surface area contributed by atoms with Gasteiger partial charge in [0, 0.05) is 31.0 Å². The van der Waals surface area contributed by atoms with Gasteiger partial charge >= 0.3 is 0 Å². The van der Waals surface area contributed by atoms with Crippen LogP contribution in [-0.2, 0) is 23.4 Å². The highest BCUT2D eigenvalue weighted by atomic mass is 16.5. The molecule has 3 heteroatoms. The summed E-state index contributed by atoms with van der Waals surface area (Å²) in [6.45, 7) is 2.58. The molecule has 3 aliphatic rings. The van der Waals surface area contributed by atoms with E-state index in [1.54, 1.807) is 6.08 Å². The van der Waals surface area contributed by atoms with Gasteiger partial charge in [-0.15, -0.1) is 0 Å². The molecule has 0 aromatic heterocycles. The van der Waals surface area contributed by atoms with Gasteiger partial charge in [0.25, 0.3) is 0 Å². The largest absolute Gasteiger partial charge is 0.489 e. The molecule has 5 rings (SSSR count). The Kier molecular flexibility index (Phi) is 3.32. The molecule has 3 unspecified atom stereocenters. The number of benzene rings is 2. The highest BCUT2D eigenvalue weighted by Crippen LogP contribution is 2.50.